The Bertz CT molecular complexity index is 605. The van der Waals surface area contributed by atoms with E-state index < -0.39 is 0 Å². The number of aromatic nitrogens is 2. The van der Waals surface area contributed by atoms with Crippen molar-refractivity contribution < 1.29 is 9.47 Å². The van der Waals surface area contributed by atoms with Crippen LogP contribution >= 0.6 is 11.5 Å². The second kappa shape index (κ2) is 6.41. The molecule has 2 rings (SSSR count). The van der Waals surface area contributed by atoms with Crippen molar-refractivity contribution in [2.75, 3.05) is 6.61 Å². The summed E-state index contributed by atoms with van der Waals surface area (Å²) in [6, 6.07) is 5.67. The van der Waals surface area contributed by atoms with Gasteiger partial charge in [-0.15, -0.1) is 0 Å². The van der Waals surface area contributed by atoms with E-state index >= 15 is 0 Å². The van der Waals surface area contributed by atoms with Crippen LogP contribution in [0.1, 0.15) is 39.1 Å². The summed E-state index contributed by atoms with van der Waals surface area (Å²) in [6.07, 6.45) is 0. The van der Waals surface area contributed by atoms with E-state index in [0.29, 0.717) is 29.8 Å². The molecule has 0 atom stereocenters. The molecule has 114 valence electrons. The van der Waals surface area contributed by atoms with Crippen molar-refractivity contribution in [3.63, 3.8) is 0 Å². The first-order chi connectivity index (χ1) is 9.94. The van der Waals surface area contributed by atoms with Crippen LogP contribution in [0.5, 0.6) is 16.7 Å². The Kier molecular flexibility index (Phi) is 4.80. The zero-order chi connectivity index (χ0) is 15.5. The Morgan fingerprint density at radius 3 is 2.57 bits per heavy atom. The molecule has 21 heavy (non-hydrogen) atoms. The van der Waals surface area contributed by atoms with E-state index in [4.69, 9.17) is 15.2 Å². The van der Waals surface area contributed by atoms with Crippen molar-refractivity contribution in [1.29, 1.82) is 0 Å². The fraction of sp³-hybridized carbons (Fsp3) is 0.467. The molecule has 1 heterocycles. The van der Waals surface area contributed by atoms with E-state index in [-0.39, 0.29) is 5.41 Å². The predicted molar refractivity (Wildman–Crippen MR) is 84.2 cm³/mol. The Hall–Kier alpha value is -1.66. The van der Waals surface area contributed by atoms with Gasteiger partial charge in [0.25, 0.3) is 5.19 Å². The van der Waals surface area contributed by atoms with Crippen LogP contribution < -0.4 is 15.2 Å². The lowest BCUT2D eigenvalue weighted by Crippen LogP contribution is -2.12. The van der Waals surface area contributed by atoms with Crippen LogP contribution in [0.3, 0.4) is 0 Å². The number of hydrogen-bond acceptors (Lipinski definition) is 6. The number of ether oxygens (including phenoxy) is 2. The Morgan fingerprint density at radius 1 is 1.24 bits per heavy atom. The molecule has 5 nitrogen and oxygen atoms in total. The zero-order valence-corrected chi connectivity index (χ0v) is 13.7. The summed E-state index contributed by atoms with van der Waals surface area (Å²) in [5, 5.41) is 0.515. The van der Waals surface area contributed by atoms with Crippen LogP contribution in [0.15, 0.2) is 18.2 Å². The van der Waals surface area contributed by atoms with Crippen LogP contribution in [-0.2, 0) is 12.0 Å². The van der Waals surface area contributed by atoms with E-state index in [1.165, 1.54) is 11.5 Å². The van der Waals surface area contributed by atoms with Crippen LogP contribution in [0.25, 0.3) is 0 Å². The minimum atomic E-state index is -0.0930. The molecule has 0 aliphatic rings. The topological polar surface area (TPSA) is 70.3 Å². The third-order valence-electron chi connectivity index (χ3n) is 2.82. The Morgan fingerprint density at radius 2 is 2.00 bits per heavy atom. The Labute approximate surface area is 129 Å². The third-order valence-corrected chi connectivity index (χ3v) is 3.41. The van der Waals surface area contributed by atoms with Crippen molar-refractivity contribution in [2.24, 2.45) is 5.73 Å². The molecule has 0 fully saturated rings. The van der Waals surface area contributed by atoms with Gasteiger partial charge in [0.1, 0.15) is 0 Å². The SMILES string of the molecule is CCOc1cc(CN)ccc1Oc1nc(C(C)(C)C)ns1. The first kappa shape index (κ1) is 15.7. The second-order valence-electron chi connectivity index (χ2n) is 5.65. The molecule has 0 unspecified atom stereocenters. The Balaban J connectivity index is 2.24. The van der Waals surface area contributed by atoms with Gasteiger partial charge in [-0.05, 0) is 24.6 Å². The maximum Gasteiger partial charge on any atom is 0.298 e. The highest BCUT2D eigenvalue weighted by atomic mass is 32.1. The molecule has 0 saturated carbocycles. The molecule has 0 aliphatic carbocycles. The number of benzene rings is 1. The lowest BCUT2D eigenvalue weighted by Gasteiger charge is -2.12. The molecule has 2 aromatic rings. The monoisotopic (exact) mass is 307 g/mol. The van der Waals surface area contributed by atoms with Gasteiger partial charge in [-0.3, -0.25) is 0 Å². The fourth-order valence-electron chi connectivity index (χ4n) is 1.68. The van der Waals surface area contributed by atoms with Crippen molar-refractivity contribution in [3.05, 3.63) is 29.6 Å². The molecule has 1 aromatic heterocycles. The molecule has 6 heteroatoms. The highest BCUT2D eigenvalue weighted by molar-refractivity contribution is 7.07. The molecule has 0 amide bonds. The maximum absolute atomic E-state index is 5.82. The first-order valence-electron chi connectivity index (χ1n) is 6.92. The van der Waals surface area contributed by atoms with Gasteiger partial charge >= 0.3 is 0 Å². The van der Waals surface area contributed by atoms with E-state index in [1.54, 1.807) is 0 Å². The normalized spacial score (nSPS) is 11.5. The minimum Gasteiger partial charge on any atom is -0.490 e. The summed E-state index contributed by atoms with van der Waals surface area (Å²) in [4.78, 5) is 4.43. The van der Waals surface area contributed by atoms with Crippen molar-refractivity contribution in [3.8, 4) is 16.7 Å². The van der Waals surface area contributed by atoms with Gasteiger partial charge in [0.05, 0.1) is 6.61 Å². The molecule has 0 bridgehead atoms. The number of hydrogen-bond donors (Lipinski definition) is 1. The van der Waals surface area contributed by atoms with Crippen LogP contribution in [-0.4, -0.2) is 16.0 Å². The van der Waals surface area contributed by atoms with Gasteiger partial charge in [0, 0.05) is 23.5 Å². The fourth-order valence-corrected chi connectivity index (χ4v) is 2.42. The van der Waals surface area contributed by atoms with Crippen LogP contribution in [0.2, 0.25) is 0 Å². The highest BCUT2D eigenvalue weighted by Crippen LogP contribution is 2.34. The van der Waals surface area contributed by atoms with Gasteiger partial charge in [-0.25, -0.2) is 0 Å². The lowest BCUT2D eigenvalue weighted by atomic mass is 9.96. The molecule has 0 saturated heterocycles. The third kappa shape index (κ3) is 3.92. The average molecular weight is 307 g/mol. The quantitative estimate of drug-likeness (QED) is 0.915. The van der Waals surface area contributed by atoms with Crippen LogP contribution in [0, 0.1) is 0 Å². The van der Waals surface area contributed by atoms with E-state index in [2.05, 4.69) is 30.1 Å². The predicted octanol–water partition coefficient (Wildman–Crippen LogP) is 3.49. The van der Waals surface area contributed by atoms with Gasteiger partial charge in [-0.2, -0.15) is 9.36 Å². The maximum atomic E-state index is 5.82. The summed E-state index contributed by atoms with van der Waals surface area (Å²) in [7, 11) is 0. The molecule has 2 N–H and O–H groups in total. The summed E-state index contributed by atoms with van der Waals surface area (Å²) in [5.41, 5.74) is 6.56. The summed E-state index contributed by atoms with van der Waals surface area (Å²) in [5.74, 6) is 2.08. The summed E-state index contributed by atoms with van der Waals surface area (Å²) < 4.78 is 15.8. The van der Waals surface area contributed by atoms with E-state index in [0.717, 1.165) is 11.4 Å². The summed E-state index contributed by atoms with van der Waals surface area (Å²) >= 11 is 1.24. The molecule has 0 radical (unpaired) electrons. The lowest BCUT2D eigenvalue weighted by molar-refractivity contribution is 0.320. The van der Waals surface area contributed by atoms with Gasteiger partial charge < -0.3 is 15.2 Å². The largest absolute Gasteiger partial charge is 0.490 e. The zero-order valence-electron chi connectivity index (χ0n) is 12.8. The molecular formula is C15H21N3O2S. The first-order valence-corrected chi connectivity index (χ1v) is 7.69. The van der Waals surface area contributed by atoms with Gasteiger partial charge in [0.15, 0.2) is 17.3 Å². The van der Waals surface area contributed by atoms with Crippen molar-refractivity contribution in [2.45, 2.75) is 39.7 Å². The number of rotatable bonds is 5. The second-order valence-corrected chi connectivity index (χ2v) is 6.37. The van der Waals surface area contributed by atoms with Gasteiger partial charge in [0.2, 0.25) is 0 Å². The minimum absolute atomic E-state index is 0.0930. The van der Waals surface area contributed by atoms with Crippen molar-refractivity contribution in [1.82, 2.24) is 9.36 Å². The van der Waals surface area contributed by atoms with E-state index in [9.17, 15) is 0 Å². The molecule has 1 aromatic carbocycles. The smallest absolute Gasteiger partial charge is 0.298 e. The standard InChI is InChI=1S/C15H21N3O2S/c1-5-19-12-8-10(9-16)6-7-11(12)20-14-17-13(18-21-14)15(2,3)4/h6-8H,5,9,16H2,1-4H3. The molecule has 0 aliphatic heterocycles. The summed E-state index contributed by atoms with van der Waals surface area (Å²) in [6.45, 7) is 9.17. The highest BCUT2D eigenvalue weighted by Gasteiger charge is 2.20. The molecule has 0 spiro atoms. The average Bonchev–Trinajstić information content (AvgIpc) is 2.89. The van der Waals surface area contributed by atoms with E-state index in [1.807, 2.05) is 25.1 Å². The number of nitrogens with zero attached hydrogens (tertiary/aromatic N) is 2. The van der Waals surface area contributed by atoms with Crippen LogP contribution in [0.4, 0.5) is 0 Å². The molecular weight excluding hydrogens is 286 g/mol. The van der Waals surface area contributed by atoms with Gasteiger partial charge in [-0.1, -0.05) is 26.8 Å². The number of nitrogens with two attached hydrogens (primary N) is 1. The van der Waals surface area contributed by atoms with Crippen molar-refractivity contribution >= 4 is 11.5 Å².